The number of aliphatic hydroxyl groups excluding tert-OH is 1. The summed E-state index contributed by atoms with van der Waals surface area (Å²) in [4.78, 5) is 74.1. The van der Waals surface area contributed by atoms with Gasteiger partial charge in [-0.3, -0.25) is 28.8 Å². The van der Waals surface area contributed by atoms with E-state index in [2.05, 4.69) is 17.6 Å². The molecule has 0 aliphatic heterocycles. The number of hydrogen-bond donors (Lipinski definition) is 5. The fourth-order valence-electron chi connectivity index (χ4n) is 8.85. The van der Waals surface area contributed by atoms with Crippen molar-refractivity contribution in [3.05, 3.63) is 11.6 Å². The van der Waals surface area contributed by atoms with Gasteiger partial charge in [-0.2, -0.15) is 0 Å². The third-order valence-corrected chi connectivity index (χ3v) is 11.4. The molecule has 9 atom stereocenters. The van der Waals surface area contributed by atoms with Crippen LogP contribution in [0.4, 0.5) is 0 Å². The predicted molar refractivity (Wildman–Crippen MR) is 160 cm³/mol. The monoisotopic (exact) mass is 632 g/mol. The second-order valence-corrected chi connectivity index (χ2v) is 14.4. The highest BCUT2D eigenvalue weighted by atomic mass is 16.5. The van der Waals surface area contributed by atoms with Crippen molar-refractivity contribution in [1.82, 2.24) is 10.6 Å². The van der Waals surface area contributed by atoms with Crippen molar-refractivity contribution in [2.24, 2.45) is 34.5 Å². The standard InChI is InChI=1S/C33H48N2O10/c1-17(2)28(29(41)34-18(3)30(42)43)35-25(39)8-9-26(40)45-16-24(38)33(44)13-11-22-21-7-6-19-14-20(36)10-12-31(19,4)27(21)23(37)15-32(22,33)5/h14,17-18,21-23,27-28,37,44H,6-13,15-16H2,1-5H3,(H,34,41)(H,35,39)(H,42,43)/t18-,21-,22+,23+,27-,28+,31-,32-,33-/m0/s1. The van der Waals surface area contributed by atoms with E-state index >= 15 is 0 Å². The summed E-state index contributed by atoms with van der Waals surface area (Å²) >= 11 is 0. The molecule has 4 aliphatic rings. The highest BCUT2D eigenvalue weighted by molar-refractivity contribution is 5.93. The molecule has 250 valence electrons. The average molecular weight is 633 g/mol. The van der Waals surface area contributed by atoms with Gasteiger partial charge in [0, 0.05) is 18.3 Å². The van der Waals surface area contributed by atoms with Gasteiger partial charge in [0.25, 0.3) is 0 Å². The number of fused-ring (bicyclic) bond motifs is 5. The Bertz CT molecular complexity index is 1280. The summed E-state index contributed by atoms with van der Waals surface area (Å²) in [6, 6.07) is -2.16. The Kier molecular flexibility index (Phi) is 9.99. The van der Waals surface area contributed by atoms with E-state index in [1.807, 2.05) is 6.92 Å². The molecule has 0 aromatic rings. The molecule has 2 amide bonds. The van der Waals surface area contributed by atoms with Gasteiger partial charge in [0.15, 0.2) is 12.4 Å². The Labute approximate surface area is 263 Å². The largest absolute Gasteiger partial charge is 0.480 e. The number of carboxylic acids is 1. The molecule has 12 heteroatoms. The maximum Gasteiger partial charge on any atom is 0.325 e. The summed E-state index contributed by atoms with van der Waals surface area (Å²) in [5.41, 5.74) is -1.89. The van der Waals surface area contributed by atoms with Crippen molar-refractivity contribution in [2.45, 2.75) is 116 Å². The van der Waals surface area contributed by atoms with Crippen LogP contribution in [0.3, 0.4) is 0 Å². The number of aliphatic hydroxyl groups is 2. The Morgan fingerprint density at radius 3 is 2.36 bits per heavy atom. The molecule has 3 saturated carbocycles. The number of carbonyl (C=O) groups excluding carboxylic acids is 5. The van der Waals surface area contributed by atoms with Crippen molar-refractivity contribution in [2.75, 3.05) is 6.61 Å². The molecule has 4 rings (SSSR count). The first-order valence-corrected chi connectivity index (χ1v) is 16.1. The summed E-state index contributed by atoms with van der Waals surface area (Å²) in [5, 5.41) is 37.2. The molecule has 45 heavy (non-hydrogen) atoms. The first-order chi connectivity index (χ1) is 20.9. The lowest BCUT2D eigenvalue weighted by Crippen LogP contribution is -2.62. The van der Waals surface area contributed by atoms with E-state index < -0.39 is 65.3 Å². The van der Waals surface area contributed by atoms with Crippen LogP contribution < -0.4 is 10.6 Å². The number of ketones is 2. The zero-order chi connectivity index (χ0) is 33.5. The number of amides is 2. The number of ether oxygens (including phenoxy) is 1. The van der Waals surface area contributed by atoms with Gasteiger partial charge in [-0.25, -0.2) is 0 Å². The maximum absolute atomic E-state index is 13.5. The molecule has 0 bridgehead atoms. The van der Waals surface area contributed by atoms with E-state index in [-0.39, 0.29) is 60.6 Å². The molecule has 4 aliphatic carbocycles. The topological polar surface area (TPSA) is 196 Å². The molecule has 0 aromatic carbocycles. The Morgan fingerprint density at radius 1 is 1.02 bits per heavy atom. The number of Topliss-reactive ketones (excluding diaryl/α,β-unsaturated/α-hetero) is 1. The van der Waals surface area contributed by atoms with E-state index in [0.717, 1.165) is 18.4 Å². The highest BCUT2D eigenvalue weighted by Gasteiger charge is 2.68. The zero-order valence-electron chi connectivity index (χ0n) is 26.9. The normalized spacial score (nSPS) is 35.2. The van der Waals surface area contributed by atoms with Crippen LogP contribution in [0.1, 0.15) is 92.4 Å². The Morgan fingerprint density at radius 2 is 1.71 bits per heavy atom. The van der Waals surface area contributed by atoms with Crippen LogP contribution in [-0.4, -0.2) is 81.0 Å². The maximum atomic E-state index is 13.5. The molecule has 0 radical (unpaired) electrons. The molecule has 12 nitrogen and oxygen atoms in total. The van der Waals surface area contributed by atoms with Gasteiger partial charge in [-0.15, -0.1) is 0 Å². The van der Waals surface area contributed by atoms with Gasteiger partial charge in [0.2, 0.25) is 17.6 Å². The molecule has 5 N–H and O–H groups in total. The van der Waals surface area contributed by atoms with Crippen molar-refractivity contribution >= 4 is 35.3 Å². The van der Waals surface area contributed by atoms with Crippen LogP contribution in [0.25, 0.3) is 0 Å². The Balaban J connectivity index is 1.33. The van der Waals surface area contributed by atoms with Crippen LogP contribution in [0, 0.1) is 34.5 Å². The van der Waals surface area contributed by atoms with Crippen LogP contribution in [0.2, 0.25) is 0 Å². The number of esters is 1. The van der Waals surface area contributed by atoms with Gasteiger partial charge in [0.05, 0.1) is 12.5 Å². The molecular weight excluding hydrogens is 584 g/mol. The van der Waals surface area contributed by atoms with E-state index in [0.29, 0.717) is 19.3 Å². The molecule has 3 fully saturated rings. The molecule has 0 spiro atoms. The van der Waals surface area contributed by atoms with Crippen molar-refractivity contribution < 1.29 is 48.8 Å². The number of carbonyl (C=O) groups is 6. The van der Waals surface area contributed by atoms with E-state index in [4.69, 9.17) is 9.84 Å². The van der Waals surface area contributed by atoms with Crippen LogP contribution in [-0.2, 0) is 33.5 Å². The van der Waals surface area contributed by atoms with Crippen molar-refractivity contribution in [3.8, 4) is 0 Å². The minimum atomic E-state index is -1.79. The van der Waals surface area contributed by atoms with E-state index in [1.54, 1.807) is 19.9 Å². The van der Waals surface area contributed by atoms with Gasteiger partial charge in [-0.05, 0) is 80.6 Å². The van der Waals surface area contributed by atoms with Crippen molar-refractivity contribution in [1.29, 1.82) is 0 Å². The lowest BCUT2D eigenvalue weighted by atomic mass is 9.45. The van der Waals surface area contributed by atoms with Crippen LogP contribution in [0.5, 0.6) is 0 Å². The molecule has 0 saturated heterocycles. The first-order valence-electron chi connectivity index (χ1n) is 16.1. The van der Waals surface area contributed by atoms with E-state index in [1.165, 1.54) is 6.92 Å². The number of rotatable bonds is 11. The fourth-order valence-corrected chi connectivity index (χ4v) is 8.85. The number of allylic oxidation sites excluding steroid dienone is 1. The molecule has 0 unspecified atom stereocenters. The van der Waals surface area contributed by atoms with Gasteiger partial charge < -0.3 is 30.7 Å². The van der Waals surface area contributed by atoms with Crippen LogP contribution >= 0.6 is 0 Å². The molecular formula is C33H48N2O10. The van der Waals surface area contributed by atoms with E-state index in [9.17, 15) is 39.0 Å². The summed E-state index contributed by atoms with van der Waals surface area (Å²) in [6.45, 7) is 7.99. The minimum Gasteiger partial charge on any atom is -0.480 e. The van der Waals surface area contributed by atoms with Gasteiger partial charge in [-0.1, -0.05) is 33.3 Å². The van der Waals surface area contributed by atoms with Crippen molar-refractivity contribution in [3.63, 3.8) is 0 Å². The second kappa shape index (κ2) is 12.9. The zero-order valence-corrected chi connectivity index (χ0v) is 26.9. The SMILES string of the molecule is CC(C)[C@@H](NC(=O)CCC(=O)OCC(=O)[C@@]1(O)CC[C@@H]2[C@@H]3CCC4=CC(=O)CC[C@]4(C)[C@@H]3[C@H](O)C[C@@]21C)C(=O)N[C@@H](C)C(=O)O. The number of aliphatic carboxylic acids is 1. The third-order valence-electron chi connectivity index (χ3n) is 11.4. The molecule has 0 aromatic heterocycles. The number of hydrogen-bond acceptors (Lipinski definition) is 9. The third kappa shape index (κ3) is 6.45. The second-order valence-electron chi connectivity index (χ2n) is 14.4. The highest BCUT2D eigenvalue weighted by Crippen LogP contribution is 2.67. The predicted octanol–water partition coefficient (Wildman–Crippen LogP) is 1.84. The lowest BCUT2D eigenvalue weighted by Gasteiger charge is -2.60. The van der Waals surface area contributed by atoms with Crippen LogP contribution in [0.15, 0.2) is 11.6 Å². The minimum absolute atomic E-state index is 0.0140. The first kappa shape index (κ1) is 34.7. The van der Waals surface area contributed by atoms with Gasteiger partial charge in [0.1, 0.15) is 17.7 Å². The quantitative estimate of drug-likeness (QED) is 0.210. The summed E-state index contributed by atoms with van der Waals surface area (Å²) in [6.07, 6.45) is 3.99. The van der Waals surface area contributed by atoms with Gasteiger partial charge >= 0.3 is 11.9 Å². The average Bonchev–Trinajstić information content (AvgIpc) is 3.23. The molecule has 0 heterocycles. The smallest absolute Gasteiger partial charge is 0.325 e. The Hall–Kier alpha value is -3.12. The summed E-state index contributed by atoms with van der Waals surface area (Å²) < 4.78 is 5.19. The summed E-state index contributed by atoms with van der Waals surface area (Å²) in [7, 11) is 0. The number of nitrogens with one attached hydrogen (secondary N) is 2. The number of carboxylic acid groups (broad SMARTS) is 1. The fraction of sp³-hybridized carbons (Fsp3) is 0.758. The lowest BCUT2D eigenvalue weighted by molar-refractivity contribution is -0.184. The summed E-state index contributed by atoms with van der Waals surface area (Å²) in [5.74, 6) is -4.17.